The van der Waals surface area contributed by atoms with Crippen LogP contribution in [0, 0.1) is 0 Å². The smallest absolute Gasteiger partial charge is 0.303 e. The highest BCUT2D eigenvalue weighted by Crippen LogP contribution is 2.29. The third-order valence-electron chi connectivity index (χ3n) is 3.94. The van der Waals surface area contributed by atoms with Gasteiger partial charge in [0.2, 0.25) is 6.80 Å². The van der Waals surface area contributed by atoms with Crippen molar-refractivity contribution in [3.8, 4) is 0 Å². The minimum atomic E-state index is -1.15. The summed E-state index contributed by atoms with van der Waals surface area (Å²) in [6, 6.07) is 0. The Bertz CT molecular complexity index is 541. The molecule has 0 aromatic carbocycles. The molecule has 1 unspecified atom stereocenters. The van der Waals surface area contributed by atoms with E-state index in [1.165, 1.54) is 20.8 Å². The van der Waals surface area contributed by atoms with Crippen LogP contribution in [0.15, 0.2) is 0 Å². The summed E-state index contributed by atoms with van der Waals surface area (Å²) >= 11 is 0. The van der Waals surface area contributed by atoms with Gasteiger partial charge in [-0.3, -0.25) is 14.4 Å². The molecule has 0 aliphatic carbocycles. The van der Waals surface area contributed by atoms with E-state index in [1.54, 1.807) is 21.0 Å². The van der Waals surface area contributed by atoms with Crippen LogP contribution < -0.4 is 0 Å². The molecule has 1 aliphatic rings. The molecule has 0 aromatic rings. The van der Waals surface area contributed by atoms with E-state index >= 15 is 0 Å². The fourth-order valence-corrected chi connectivity index (χ4v) is 2.58. The molecule has 9 nitrogen and oxygen atoms in total. The number of halogens is 1. The topological polar surface area (TPSA) is 97.4 Å². The van der Waals surface area contributed by atoms with Crippen molar-refractivity contribution in [3.05, 3.63) is 0 Å². The molecule has 1 heterocycles. The summed E-state index contributed by atoms with van der Waals surface area (Å²) in [6.07, 6.45) is -4.99. The average Bonchev–Trinajstić information content (AvgIpc) is 2.53. The van der Waals surface area contributed by atoms with Crippen LogP contribution >= 0.6 is 0 Å². The first-order chi connectivity index (χ1) is 12.5. The van der Waals surface area contributed by atoms with Crippen molar-refractivity contribution < 1.29 is 46.9 Å². The fraction of sp³-hybridized carbons (Fsp3) is 0.824. The number of ether oxygens (including phenoxy) is 5. The van der Waals surface area contributed by atoms with E-state index in [0.29, 0.717) is 6.54 Å². The minimum Gasteiger partial charge on any atom is -0.456 e. The lowest BCUT2D eigenvalue weighted by molar-refractivity contribution is -0.903. The van der Waals surface area contributed by atoms with E-state index in [-0.39, 0.29) is 11.1 Å². The van der Waals surface area contributed by atoms with E-state index in [2.05, 4.69) is 0 Å². The highest BCUT2D eigenvalue weighted by atomic mass is 19.1. The monoisotopic (exact) mass is 394 g/mol. The van der Waals surface area contributed by atoms with Gasteiger partial charge in [0.05, 0.1) is 26.8 Å². The first kappa shape index (κ1) is 23.3. The lowest BCUT2D eigenvalue weighted by atomic mass is 9.99. The van der Waals surface area contributed by atoms with Crippen LogP contribution in [0.4, 0.5) is 4.39 Å². The van der Waals surface area contributed by atoms with Crippen molar-refractivity contribution in [1.29, 1.82) is 0 Å². The van der Waals surface area contributed by atoms with Gasteiger partial charge in [0, 0.05) is 20.8 Å². The van der Waals surface area contributed by atoms with Crippen molar-refractivity contribution in [3.63, 3.8) is 0 Å². The summed E-state index contributed by atoms with van der Waals surface area (Å²) in [6.45, 7) is 5.06. The Hall–Kier alpha value is -1.78. The third-order valence-corrected chi connectivity index (χ3v) is 3.94. The number of nitrogens with zero attached hydrogens (tertiary/aromatic N) is 1. The quantitative estimate of drug-likeness (QED) is 0.255. The van der Waals surface area contributed by atoms with Gasteiger partial charge in [-0.15, -0.1) is 0 Å². The van der Waals surface area contributed by atoms with Crippen LogP contribution in [0.25, 0.3) is 0 Å². The SMILES string of the molecule is CC(=O)O[C@@H]1[C@H](OC(C)=O)[C@@H](OC(C)=O)C(OCC[N+](C)(C)CF)O[C@@H]1C. The van der Waals surface area contributed by atoms with Crippen LogP contribution in [0.1, 0.15) is 27.7 Å². The number of rotatable bonds is 8. The van der Waals surface area contributed by atoms with Crippen molar-refractivity contribution >= 4 is 17.9 Å². The fourth-order valence-electron chi connectivity index (χ4n) is 2.58. The summed E-state index contributed by atoms with van der Waals surface area (Å²) < 4.78 is 40.1. The molecule has 10 heteroatoms. The third kappa shape index (κ3) is 7.39. The predicted octanol–water partition coefficient (Wildman–Crippen LogP) is 0.546. The highest BCUT2D eigenvalue weighted by molar-refractivity contribution is 5.68. The Morgan fingerprint density at radius 1 is 0.926 bits per heavy atom. The Morgan fingerprint density at radius 3 is 1.89 bits per heavy atom. The number of carbonyl (C=O) groups is 3. The Labute approximate surface area is 158 Å². The van der Waals surface area contributed by atoms with Crippen molar-refractivity contribution in [2.75, 3.05) is 34.0 Å². The summed E-state index contributed by atoms with van der Waals surface area (Å²) in [4.78, 5) is 34.5. The molecule has 0 amide bonds. The number of hydrogen-bond donors (Lipinski definition) is 0. The maximum Gasteiger partial charge on any atom is 0.303 e. The first-order valence-electron chi connectivity index (χ1n) is 8.63. The first-order valence-corrected chi connectivity index (χ1v) is 8.63. The molecular formula is C17H29FNO8+. The van der Waals surface area contributed by atoms with Crippen LogP contribution in [-0.2, 0) is 38.1 Å². The van der Waals surface area contributed by atoms with Gasteiger partial charge in [-0.25, -0.2) is 0 Å². The van der Waals surface area contributed by atoms with Crippen molar-refractivity contribution in [2.45, 2.75) is 58.4 Å². The summed E-state index contributed by atoms with van der Waals surface area (Å²) in [5, 5.41) is 0. The molecule has 27 heavy (non-hydrogen) atoms. The number of alkyl halides is 1. The van der Waals surface area contributed by atoms with Crippen LogP contribution in [0.2, 0.25) is 0 Å². The van der Waals surface area contributed by atoms with Gasteiger partial charge in [-0.05, 0) is 6.92 Å². The predicted molar refractivity (Wildman–Crippen MR) is 89.9 cm³/mol. The number of quaternary nitrogens is 1. The molecule has 0 saturated carbocycles. The second-order valence-electron chi connectivity index (χ2n) is 7.08. The van der Waals surface area contributed by atoms with Crippen molar-refractivity contribution in [1.82, 2.24) is 0 Å². The largest absolute Gasteiger partial charge is 0.456 e. The molecular weight excluding hydrogens is 365 g/mol. The van der Waals surface area contributed by atoms with Gasteiger partial charge in [-0.1, -0.05) is 0 Å². The Morgan fingerprint density at radius 2 is 1.41 bits per heavy atom. The summed E-state index contributed by atoms with van der Waals surface area (Å²) in [5.74, 6) is -1.89. The van der Waals surface area contributed by atoms with Gasteiger partial charge >= 0.3 is 17.9 Å². The zero-order chi connectivity index (χ0) is 20.8. The normalized spacial score (nSPS) is 28.3. The Kier molecular flexibility index (Phi) is 8.58. The molecule has 0 N–H and O–H groups in total. The lowest BCUT2D eigenvalue weighted by Gasteiger charge is -2.43. The molecule has 1 fully saturated rings. The second kappa shape index (κ2) is 9.95. The van der Waals surface area contributed by atoms with E-state index in [9.17, 15) is 18.8 Å². The van der Waals surface area contributed by atoms with Crippen LogP contribution in [0.5, 0.6) is 0 Å². The maximum atomic E-state index is 12.9. The molecule has 5 atom stereocenters. The number of esters is 3. The summed E-state index contributed by atoms with van der Waals surface area (Å²) in [7, 11) is 3.38. The van der Waals surface area contributed by atoms with Gasteiger partial charge in [-0.2, -0.15) is 4.39 Å². The summed E-state index contributed by atoms with van der Waals surface area (Å²) in [5.41, 5.74) is 0. The van der Waals surface area contributed by atoms with Gasteiger partial charge in [0.1, 0.15) is 6.54 Å². The number of hydrogen-bond acceptors (Lipinski definition) is 8. The zero-order valence-corrected chi connectivity index (χ0v) is 16.6. The molecule has 1 aliphatic heterocycles. The van der Waals surface area contributed by atoms with Crippen molar-refractivity contribution in [2.24, 2.45) is 0 Å². The standard InChI is InChI=1S/C17H29FNO8/c1-10-14(25-11(2)20)15(26-12(3)21)16(27-13(4)22)17(24-10)23-8-7-19(5,6)9-18/h10,14-17H,7-9H2,1-6H3/q+1/t10-,14+,15+,16-,17?/m1/s1. The van der Waals surface area contributed by atoms with E-state index in [0.717, 1.165) is 0 Å². The minimum absolute atomic E-state index is 0.0734. The molecule has 0 spiro atoms. The zero-order valence-electron chi connectivity index (χ0n) is 16.6. The van der Waals surface area contributed by atoms with Gasteiger partial charge in [0.15, 0.2) is 24.6 Å². The highest BCUT2D eigenvalue weighted by Gasteiger charge is 2.51. The number of carbonyl (C=O) groups excluding carboxylic acids is 3. The van der Waals surface area contributed by atoms with E-state index in [4.69, 9.17) is 23.7 Å². The second-order valence-corrected chi connectivity index (χ2v) is 7.08. The Balaban J connectivity index is 3.02. The van der Waals surface area contributed by atoms with Gasteiger partial charge < -0.3 is 28.2 Å². The molecule has 156 valence electrons. The lowest BCUT2D eigenvalue weighted by Crippen LogP contribution is -2.61. The molecule has 1 saturated heterocycles. The van der Waals surface area contributed by atoms with E-state index in [1.807, 2.05) is 0 Å². The molecule has 1 rings (SSSR count). The molecule has 0 aromatic heterocycles. The maximum absolute atomic E-state index is 12.9. The van der Waals surface area contributed by atoms with Gasteiger partial charge in [0.25, 0.3) is 0 Å². The van der Waals surface area contributed by atoms with Crippen LogP contribution in [-0.4, -0.2) is 87.1 Å². The molecule has 0 bridgehead atoms. The average molecular weight is 394 g/mol. The van der Waals surface area contributed by atoms with Crippen LogP contribution in [0.3, 0.4) is 0 Å². The van der Waals surface area contributed by atoms with E-state index < -0.39 is 55.4 Å². The number of likely N-dealkylation sites (N-methyl/N-ethyl adjacent to an activating group) is 1. The molecule has 0 radical (unpaired) electrons.